The van der Waals surface area contributed by atoms with Gasteiger partial charge in [-0.25, -0.2) is 4.98 Å². The van der Waals surface area contributed by atoms with Crippen molar-refractivity contribution in [3.05, 3.63) is 29.6 Å². The largest absolute Gasteiger partial charge is 0.340 e. The van der Waals surface area contributed by atoms with Gasteiger partial charge in [0, 0.05) is 25.4 Å². The minimum atomic E-state index is -0.0646. The Bertz CT molecular complexity index is 428. The first-order valence-electron chi connectivity index (χ1n) is 5.59. The maximum Gasteiger partial charge on any atom is 0.272 e. The SMILES string of the molecule is CCCN(C)C(=O)c1ccc(C#CCN)cn1. The first-order valence-corrected chi connectivity index (χ1v) is 5.59. The van der Waals surface area contributed by atoms with E-state index in [0.29, 0.717) is 12.2 Å². The van der Waals surface area contributed by atoms with Gasteiger partial charge in [0.05, 0.1) is 6.54 Å². The van der Waals surface area contributed by atoms with Crippen LogP contribution in [0.3, 0.4) is 0 Å². The maximum atomic E-state index is 11.9. The number of rotatable bonds is 3. The van der Waals surface area contributed by atoms with Gasteiger partial charge in [0.1, 0.15) is 5.69 Å². The fourth-order valence-electron chi connectivity index (χ4n) is 1.38. The molecule has 1 aromatic rings. The van der Waals surface area contributed by atoms with E-state index < -0.39 is 0 Å². The van der Waals surface area contributed by atoms with Crippen molar-refractivity contribution in [2.75, 3.05) is 20.1 Å². The molecule has 1 rings (SSSR count). The minimum absolute atomic E-state index is 0.0646. The van der Waals surface area contributed by atoms with E-state index >= 15 is 0 Å². The van der Waals surface area contributed by atoms with Crippen LogP contribution in [-0.4, -0.2) is 35.9 Å². The standard InChI is InChI=1S/C13H17N3O/c1-3-9-16(2)13(17)12-7-6-11(10-15-12)5-4-8-14/h6-7,10H,3,8-9,14H2,1-2H3. The monoisotopic (exact) mass is 231 g/mol. The summed E-state index contributed by atoms with van der Waals surface area (Å²) in [4.78, 5) is 17.6. The predicted octanol–water partition coefficient (Wildman–Crippen LogP) is 0.874. The zero-order valence-electron chi connectivity index (χ0n) is 10.2. The second-order valence-electron chi connectivity index (χ2n) is 3.66. The van der Waals surface area contributed by atoms with E-state index in [1.807, 2.05) is 6.92 Å². The van der Waals surface area contributed by atoms with E-state index in [-0.39, 0.29) is 5.91 Å². The molecule has 1 amide bonds. The molecule has 0 spiro atoms. The van der Waals surface area contributed by atoms with E-state index in [1.54, 1.807) is 30.3 Å². The average molecular weight is 231 g/mol. The molecule has 0 aromatic carbocycles. The summed E-state index contributed by atoms with van der Waals surface area (Å²) < 4.78 is 0. The van der Waals surface area contributed by atoms with Crippen LogP contribution in [0.5, 0.6) is 0 Å². The molecule has 0 aliphatic carbocycles. The highest BCUT2D eigenvalue weighted by Gasteiger charge is 2.11. The van der Waals surface area contributed by atoms with Gasteiger partial charge in [-0.2, -0.15) is 0 Å². The number of nitrogens with zero attached hydrogens (tertiary/aromatic N) is 2. The molecule has 0 aliphatic rings. The lowest BCUT2D eigenvalue weighted by atomic mass is 10.2. The molecule has 17 heavy (non-hydrogen) atoms. The van der Waals surface area contributed by atoms with Crippen LogP contribution in [0.4, 0.5) is 0 Å². The summed E-state index contributed by atoms with van der Waals surface area (Å²) in [5, 5.41) is 0. The van der Waals surface area contributed by atoms with Crippen LogP contribution in [0.15, 0.2) is 18.3 Å². The van der Waals surface area contributed by atoms with Crippen LogP contribution >= 0.6 is 0 Å². The first-order chi connectivity index (χ1) is 8.19. The molecular formula is C13H17N3O. The molecule has 0 radical (unpaired) electrons. The maximum absolute atomic E-state index is 11.9. The number of carbonyl (C=O) groups is 1. The summed E-state index contributed by atoms with van der Waals surface area (Å²) >= 11 is 0. The van der Waals surface area contributed by atoms with Crippen LogP contribution in [0.2, 0.25) is 0 Å². The molecule has 0 saturated heterocycles. The lowest BCUT2D eigenvalue weighted by molar-refractivity contribution is 0.0789. The van der Waals surface area contributed by atoms with Gasteiger partial charge in [0.15, 0.2) is 0 Å². The molecule has 0 saturated carbocycles. The minimum Gasteiger partial charge on any atom is -0.340 e. The van der Waals surface area contributed by atoms with Crippen LogP contribution in [0, 0.1) is 11.8 Å². The average Bonchev–Trinajstić information content (AvgIpc) is 2.36. The van der Waals surface area contributed by atoms with E-state index in [1.165, 1.54) is 0 Å². The molecule has 4 heteroatoms. The van der Waals surface area contributed by atoms with Crippen LogP contribution < -0.4 is 5.73 Å². The molecule has 4 nitrogen and oxygen atoms in total. The molecule has 0 atom stereocenters. The topological polar surface area (TPSA) is 59.2 Å². The van der Waals surface area contributed by atoms with Gasteiger partial charge in [-0.3, -0.25) is 4.79 Å². The quantitative estimate of drug-likeness (QED) is 0.785. The van der Waals surface area contributed by atoms with E-state index in [4.69, 9.17) is 5.73 Å². The number of aromatic nitrogens is 1. The number of pyridine rings is 1. The molecule has 0 unspecified atom stereocenters. The highest BCUT2D eigenvalue weighted by atomic mass is 16.2. The van der Waals surface area contributed by atoms with Gasteiger partial charge in [0.2, 0.25) is 0 Å². The fourth-order valence-corrected chi connectivity index (χ4v) is 1.38. The Kier molecular flexibility index (Phi) is 5.18. The number of hydrogen-bond acceptors (Lipinski definition) is 3. The zero-order valence-corrected chi connectivity index (χ0v) is 10.2. The smallest absolute Gasteiger partial charge is 0.272 e. The lowest BCUT2D eigenvalue weighted by Gasteiger charge is -2.15. The molecular weight excluding hydrogens is 214 g/mol. The predicted molar refractivity (Wildman–Crippen MR) is 67.4 cm³/mol. The Morgan fingerprint density at radius 3 is 2.82 bits per heavy atom. The zero-order chi connectivity index (χ0) is 12.7. The van der Waals surface area contributed by atoms with Gasteiger partial charge in [-0.05, 0) is 18.6 Å². The van der Waals surface area contributed by atoms with E-state index in [2.05, 4.69) is 16.8 Å². The molecule has 1 aromatic heterocycles. The second kappa shape index (κ2) is 6.66. The lowest BCUT2D eigenvalue weighted by Crippen LogP contribution is -2.28. The highest BCUT2D eigenvalue weighted by molar-refractivity contribution is 5.92. The Morgan fingerprint density at radius 2 is 2.29 bits per heavy atom. The second-order valence-corrected chi connectivity index (χ2v) is 3.66. The first kappa shape index (κ1) is 13.2. The summed E-state index contributed by atoms with van der Waals surface area (Å²) in [6.07, 6.45) is 2.53. The fraction of sp³-hybridized carbons (Fsp3) is 0.385. The molecule has 0 fully saturated rings. The van der Waals surface area contributed by atoms with Gasteiger partial charge in [-0.15, -0.1) is 0 Å². The molecule has 90 valence electrons. The van der Waals surface area contributed by atoms with Crippen molar-refractivity contribution in [1.29, 1.82) is 0 Å². The number of amides is 1. The number of nitrogens with two attached hydrogens (primary N) is 1. The van der Waals surface area contributed by atoms with Crippen molar-refractivity contribution in [3.8, 4) is 11.8 Å². The van der Waals surface area contributed by atoms with E-state index in [9.17, 15) is 4.79 Å². The Balaban J connectivity index is 2.77. The van der Waals surface area contributed by atoms with Crippen molar-refractivity contribution >= 4 is 5.91 Å². The normalized spacial score (nSPS) is 9.35. The summed E-state index contributed by atoms with van der Waals surface area (Å²) in [7, 11) is 1.77. The molecule has 0 aliphatic heterocycles. The van der Waals surface area contributed by atoms with Crippen LogP contribution in [0.1, 0.15) is 29.4 Å². The highest BCUT2D eigenvalue weighted by Crippen LogP contribution is 2.02. The van der Waals surface area contributed by atoms with Crippen LogP contribution in [-0.2, 0) is 0 Å². The Hall–Kier alpha value is -1.86. The summed E-state index contributed by atoms with van der Waals surface area (Å²) in [6, 6.07) is 3.47. The number of hydrogen-bond donors (Lipinski definition) is 1. The van der Waals surface area contributed by atoms with Gasteiger partial charge >= 0.3 is 0 Å². The van der Waals surface area contributed by atoms with Gasteiger partial charge in [-0.1, -0.05) is 18.8 Å². The van der Waals surface area contributed by atoms with Crippen molar-refractivity contribution in [3.63, 3.8) is 0 Å². The number of carbonyl (C=O) groups excluding carboxylic acids is 1. The molecule has 2 N–H and O–H groups in total. The summed E-state index contributed by atoms with van der Waals surface area (Å²) in [5.74, 6) is 5.54. The third-order valence-corrected chi connectivity index (χ3v) is 2.22. The van der Waals surface area contributed by atoms with Crippen molar-refractivity contribution in [2.45, 2.75) is 13.3 Å². The Labute approximate surface area is 102 Å². The summed E-state index contributed by atoms with van der Waals surface area (Å²) in [5.41, 5.74) is 6.49. The third kappa shape index (κ3) is 3.89. The van der Waals surface area contributed by atoms with Gasteiger partial charge < -0.3 is 10.6 Å². The van der Waals surface area contributed by atoms with Crippen LogP contribution in [0.25, 0.3) is 0 Å². The van der Waals surface area contributed by atoms with Crippen molar-refractivity contribution in [2.24, 2.45) is 5.73 Å². The Morgan fingerprint density at radius 1 is 1.53 bits per heavy atom. The van der Waals surface area contributed by atoms with Crippen molar-refractivity contribution in [1.82, 2.24) is 9.88 Å². The van der Waals surface area contributed by atoms with Crippen molar-refractivity contribution < 1.29 is 4.79 Å². The molecule has 1 heterocycles. The summed E-state index contributed by atoms with van der Waals surface area (Å²) in [6.45, 7) is 3.08. The molecule has 0 bridgehead atoms. The third-order valence-electron chi connectivity index (χ3n) is 2.22. The van der Waals surface area contributed by atoms with Gasteiger partial charge in [0.25, 0.3) is 5.91 Å². The van der Waals surface area contributed by atoms with E-state index in [0.717, 1.165) is 18.5 Å².